The number of carbonyl (C=O) groups is 1. The van der Waals surface area contributed by atoms with E-state index in [0.29, 0.717) is 12.2 Å². The van der Waals surface area contributed by atoms with Gasteiger partial charge >= 0.3 is 0 Å². The molecule has 0 spiro atoms. The number of allylic oxidation sites excluding steroid dienone is 2. The molecule has 1 aliphatic heterocycles. The van der Waals surface area contributed by atoms with Gasteiger partial charge in [0.15, 0.2) is 0 Å². The van der Waals surface area contributed by atoms with Crippen LogP contribution in [0.5, 0.6) is 0 Å². The molecule has 0 aromatic carbocycles. The molecule has 0 aromatic rings. The maximum Gasteiger partial charge on any atom is 0.147 e. The van der Waals surface area contributed by atoms with Crippen LogP contribution in [0.1, 0.15) is 19.3 Å². The molecule has 10 heavy (non-hydrogen) atoms. The summed E-state index contributed by atoms with van der Waals surface area (Å²) in [5.41, 5.74) is 0. The lowest BCUT2D eigenvalue weighted by Crippen LogP contribution is -2.17. The first-order valence-corrected chi connectivity index (χ1v) is 3.73. The lowest BCUT2D eigenvalue weighted by atomic mass is 9.99. The number of carbonyl (C=O) groups excluding carboxylic acids is 1. The Morgan fingerprint density at radius 3 is 3.30 bits per heavy atom. The maximum absolute atomic E-state index is 11.1. The van der Waals surface area contributed by atoms with Gasteiger partial charge in [-0.3, -0.25) is 4.79 Å². The Morgan fingerprint density at radius 2 is 2.50 bits per heavy atom. The second kappa shape index (κ2) is 2.11. The van der Waals surface area contributed by atoms with E-state index in [0.717, 1.165) is 25.2 Å². The van der Waals surface area contributed by atoms with Gasteiger partial charge in [0.05, 0.1) is 12.5 Å². The van der Waals surface area contributed by atoms with Gasteiger partial charge in [0.2, 0.25) is 0 Å². The Morgan fingerprint density at radius 1 is 1.60 bits per heavy atom. The topological polar surface area (TPSA) is 26.3 Å². The molecular formula is C8H10O2. The number of rotatable bonds is 0. The summed E-state index contributed by atoms with van der Waals surface area (Å²) >= 11 is 0. The highest BCUT2D eigenvalue weighted by Crippen LogP contribution is 2.31. The van der Waals surface area contributed by atoms with Crippen molar-refractivity contribution in [1.29, 1.82) is 0 Å². The number of ketones is 1. The molecule has 1 atom stereocenters. The molecule has 1 unspecified atom stereocenters. The number of hydrogen-bond acceptors (Lipinski definition) is 2. The van der Waals surface area contributed by atoms with Crippen LogP contribution in [-0.4, -0.2) is 12.4 Å². The van der Waals surface area contributed by atoms with Crippen LogP contribution < -0.4 is 0 Å². The molecule has 0 radical (unpaired) electrons. The second-order valence-electron chi connectivity index (χ2n) is 2.82. The molecule has 1 saturated heterocycles. The molecule has 1 fully saturated rings. The van der Waals surface area contributed by atoms with Crippen LogP contribution in [0.3, 0.4) is 0 Å². The van der Waals surface area contributed by atoms with E-state index in [1.54, 1.807) is 0 Å². The second-order valence-corrected chi connectivity index (χ2v) is 2.82. The van der Waals surface area contributed by atoms with E-state index in [4.69, 9.17) is 4.74 Å². The zero-order valence-electron chi connectivity index (χ0n) is 5.80. The number of ether oxygens (including phenoxy) is 1. The summed E-state index contributed by atoms with van der Waals surface area (Å²) in [5.74, 6) is 1.42. The Hall–Kier alpha value is -0.790. The van der Waals surface area contributed by atoms with Crippen LogP contribution in [0.2, 0.25) is 0 Å². The van der Waals surface area contributed by atoms with Crippen LogP contribution in [-0.2, 0) is 9.53 Å². The lowest BCUT2D eigenvalue weighted by Gasteiger charge is -2.20. The van der Waals surface area contributed by atoms with Crippen molar-refractivity contribution < 1.29 is 9.53 Å². The highest BCUT2D eigenvalue weighted by atomic mass is 16.5. The fourth-order valence-corrected chi connectivity index (χ4v) is 1.58. The van der Waals surface area contributed by atoms with Crippen molar-refractivity contribution in [3.05, 3.63) is 11.8 Å². The first-order chi connectivity index (χ1) is 4.88. The van der Waals surface area contributed by atoms with E-state index in [9.17, 15) is 4.79 Å². The van der Waals surface area contributed by atoms with Crippen molar-refractivity contribution in [3.8, 4) is 0 Å². The molecule has 2 aliphatic rings. The third-order valence-electron chi connectivity index (χ3n) is 2.14. The molecule has 0 aromatic heterocycles. The van der Waals surface area contributed by atoms with Crippen molar-refractivity contribution in [3.63, 3.8) is 0 Å². The third-order valence-corrected chi connectivity index (χ3v) is 2.14. The van der Waals surface area contributed by atoms with E-state index < -0.39 is 0 Å². The van der Waals surface area contributed by atoms with Gasteiger partial charge in [0.1, 0.15) is 11.5 Å². The molecule has 54 valence electrons. The molecule has 0 saturated carbocycles. The number of Topliss-reactive ketones (excluding diaryl/α,β-unsaturated/α-hetero) is 1. The minimum absolute atomic E-state index is 0.133. The molecule has 2 nitrogen and oxygen atoms in total. The van der Waals surface area contributed by atoms with Gasteiger partial charge in [-0.25, -0.2) is 0 Å². The van der Waals surface area contributed by atoms with Crippen LogP contribution in [0.15, 0.2) is 11.8 Å². The zero-order valence-corrected chi connectivity index (χ0v) is 5.80. The molecule has 0 bridgehead atoms. The lowest BCUT2D eigenvalue weighted by molar-refractivity contribution is -0.121. The molecule has 0 amide bonds. The quantitative estimate of drug-likeness (QED) is 0.504. The van der Waals surface area contributed by atoms with Crippen molar-refractivity contribution >= 4 is 5.78 Å². The molecule has 1 aliphatic carbocycles. The molecular weight excluding hydrogens is 128 g/mol. The van der Waals surface area contributed by atoms with Crippen LogP contribution in [0, 0.1) is 5.92 Å². The SMILES string of the molecule is O=C1CC=C2OCCCC12. The third kappa shape index (κ3) is 0.753. The summed E-state index contributed by atoms with van der Waals surface area (Å²) in [7, 11) is 0. The normalized spacial score (nSPS) is 31.0. The Balaban J connectivity index is 2.18. The van der Waals surface area contributed by atoms with Gasteiger partial charge in [-0.05, 0) is 18.9 Å². The van der Waals surface area contributed by atoms with Crippen molar-refractivity contribution in [2.45, 2.75) is 19.3 Å². The van der Waals surface area contributed by atoms with E-state index in [2.05, 4.69) is 0 Å². The van der Waals surface area contributed by atoms with E-state index >= 15 is 0 Å². The minimum atomic E-state index is 0.133. The highest BCUT2D eigenvalue weighted by molar-refractivity contribution is 5.87. The monoisotopic (exact) mass is 138 g/mol. The van der Waals surface area contributed by atoms with Crippen molar-refractivity contribution in [2.75, 3.05) is 6.61 Å². The van der Waals surface area contributed by atoms with Crippen LogP contribution in [0.4, 0.5) is 0 Å². The number of fused-ring (bicyclic) bond motifs is 1. The Bertz CT molecular complexity index is 193. The summed E-state index contributed by atoms with van der Waals surface area (Å²) in [6, 6.07) is 0. The van der Waals surface area contributed by atoms with Gasteiger partial charge in [-0.15, -0.1) is 0 Å². The zero-order chi connectivity index (χ0) is 6.97. The number of hydrogen-bond donors (Lipinski definition) is 0. The van der Waals surface area contributed by atoms with Crippen LogP contribution >= 0.6 is 0 Å². The van der Waals surface area contributed by atoms with Gasteiger partial charge in [-0.1, -0.05) is 0 Å². The Labute approximate surface area is 59.9 Å². The minimum Gasteiger partial charge on any atom is -0.497 e. The van der Waals surface area contributed by atoms with E-state index in [1.165, 1.54) is 0 Å². The standard InChI is InChI=1S/C8H10O2/c9-7-3-4-8-6(7)2-1-5-10-8/h4,6H,1-3,5H2. The smallest absolute Gasteiger partial charge is 0.147 e. The van der Waals surface area contributed by atoms with E-state index in [-0.39, 0.29) is 5.92 Å². The summed E-state index contributed by atoms with van der Waals surface area (Å²) in [6.07, 6.45) is 4.56. The fourth-order valence-electron chi connectivity index (χ4n) is 1.58. The van der Waals surface area contributed by atoms with Gasteiger partial charge in [-0.2, -0.15) is 0 Å². The summed E-state index contributed by atoms with van der Waals surface area (Å²) in [6.45, 7) is 0.801. The van der Waals surface area contributed by atoms with E-state index in [1.807, 2.05) is 6.08 Å². The summed E-state index contributed by atoms with van der Waals surface area (Å²) in [4.78, 5) is 11.1. The highest BCUT2D eigenvalue weighted by Gasteiger charge is 2.30. The van der Waals surface area contributed by atoms with Gasteiger partial charge in [0.25, 0.3) is 0 Å². The summed E-state index contributed by atoms with van der Waals surface area (Å²) in [5, 5.41) is 0. The first-order valence-electron chi connectivity index (χ1n) is 3.73. The van der Waals surface area contributed by atoms with Gasteiger partial charge in [0, 0.05) is 6.42 Å². The van der Waals surface area contributed by atoms with Gasteiger partial charge < -0.3 is 4.74 Å². The average molecular weight is 138 g/mol. The molecule has 0 N–H and O–H groups in total. The molecule has 2 heteroatoms. The van der Waals surface area contributed by atoms with Crippen molar-refractivity contribution in [1.82, 2.24) is 0 Å². The average Bonchev–Trinajstić information content (AvgIpc) is 2.34. The van der Waals surface area contributed by atoms with Crippen molar-refractivity contribution in [2.24, 2.45) is 5.92 Å². The largest absolute Gasteiger partial charge is 0.497 e. The predicted molar refractivity (Wildman–Crippen MR) is 36.4 cm³/mol. The molecule has 1 heterocycles. The maximum atomic E-state index is 11.1. The Kier molecular flexibility index (Phi) is 1.26. The summed E-state index contributed by atoms with van der Waals surface area (Å²) < 4.78 is 5.31. The van der Waals surface area contributed by atoms with Crippen LogP contribution in [0.25, 0.3) is 0 Å². The molecule has 2 rings (SSSR count). The fraction of sp³-hybridized carbons (Fsp3) is 0.625. The predicted octanol–water partition coefficient (Wildman–Crippen LogP) is 1.27. The first kappa shape index (κ1) is 5.96.